The summed E-state index contributed by atoms with van der Waals surface area (Å²) in [5.41, 5.74) is 0.702. The van der Waals surface area contributed by atoms with Gasteiger partial charge in [0.15, 0.2) is 0 Å². The number of hydrogen-bond donors (Lipinski definition) is 1. The summed E-state index contributed by atoms with van der Waals surface area (Å²) in [5, 5.41) is 9.83. The van der Waals surface area contributed by atoms with Crippen molar-refractivity contribution in [2.75, 3.05) is 24.7 Å². The van der Waals surface area contributed by atoms with Crippen molar-refractivity contribution in [3.63, 3.8) is 0 Å². The molecule has 21 heavy (non-hydrogen) atoms. The molecule has 0 bridgehead atoms. The van der Waals surface area contributed by atoms with E-state index in [1.807, 2.05) is 6.92 Å². The van der Waals surface area contributed by atoms with Gasteiger partial charge in [-0.25, -0.2) is 9.97 Å². The number of aromatic nitrogens is 2. The van der Waals surface area contributed by atoms with Gasteiger partial charge in [-0.15, -0.1) is 0 Å². The van der Waals surface area contributed by atoms with Crippen molar-refractivity contribution in [1.82, 2.24) is 9.97 Å². The molecule has 5 nitrogen and oxygen atoms in total. The summed E-state index contributed by atoms with van der Waals surface area (Å²) in [4.78, 5) is 11.3. The van der Waals surface area contributed by atoms with E-state index < -0.39 is 0 Å². The van der Waals surface area contributed by atoms with Crippen LogP contribution in [0.5, 0.6) is 0 Å². The number of hydrogen-bond acceptors (Lipinski definition) is 5. The van der Waals surface area contributed by atoms with Gasteiger partial charge in [-0.2, -0.15) is 0 Å². The second kappa shape index (κ2) is 6.07. The van der Waals surface area contributed by atoms with Gasteiger partial charge in [-0.1, -0.05) is 32.4 Å². The maximum Gasteiger partial charge on any atom is 0.137 e. The van der Waals surface area contributed by atoms with Gasteiger partial charge in [0, 0.05) is 17.5 Å². The molecule has 0 spiro atoms. The summed E-state index contributed by atoms with van der Waals surface area (Å²) in [7, 11) is 0. The van der Waals surface area contributed by atoms with E-state index in [4.69, 9.17) is 21.3 Å². The van der Waals surface area contributed by atoms with Crippen LogP contribution in [0.2, 0.25) is 5.15 Å². The lowest BCUT2D eigenvalue weighted by atomic mass is 9.95. The Balaban J connectivity index is 2.44. The zero-order valence-corrected chi connectivity index (χ0v) is 14.1. The predicted octanol–water partition coefficient (Wildman–Crippen LogP) is 2.32. The predicted molar refractivity (Wildman–Crippen MR) is 84.1 cm³/mol. The second-order valence-corrected chi connectivity index (χ2v) is 7.03. The van der Waals surface area contributed by atoms with Crippen LogP contribution in [0, 0.1) is 6.92 Å². The molecule has 2 heterocycles. The van der Waals surface area contributed by atoms with Gasteiger partial charge in [0.05, 0.1) is 25.4 Å². The minimum absolute atomic E-state index is 0.00715. The van der Waals surface area contributed by atoms with E-state index in [0.29, 0.717) is 18.3 Å². The average molecular weight is 314 g/mol. The van der Waals surface area contributed by atoms with Crippen LogP contribution in [0.25, 0.3) is 0 Å². The number of rotatable bonds is 2. The number of anilines is 1. The molecule has 0 amide bonds. The molecular weight excluding hydrogens is 290 g/mol. The second-order valence-electron chi connectivity index (χ2n) is 6.68. The largest absolute Gasteiger partial charge is 0.394 e. The Kier molecular flexibility index (Phi) is 4.76. The zero-order chi connectivity index (χ0) is 15.8. The molecule has 6 heteroatoms. The molecule has 0 radical (unpaired) electrons. The van der Waals surface area contributed by atoms with Gasteiger partial charge >= 0.3 is 0 Å². The maximum absolute atomic E-state index is 9.34. The summed E-state index contributed by atoms with van der Waals surface area (Å²) in [6.07, 6.45) is -0.188. The van der Waals surface area contributed by atoms with E-state index in [1.54, 1.807) is 0 Å². The number of aliphatic hydroxyl groups excluding tert-OH is 1. The van der Waals surface area contributed by atoms with E-state index in [2.05, 4.69) is 37.6 Å². The molecular formula is C15H24ClN3O2. The molecule has 1 aliphatic heterocycles. The maximum atomic E-state index is 9.34. The molecule has 0 aromatic carbocycles. The van der Waals surface area contributed by atoms with E-state index in [1.165, 1.54) is 0 Å². The molecule has 0 aliphatic carbocycles. The van der Waals surface area contributed by atoms with Crippen molar-refractivity contribution in [3.05, 3.63) is 16.5 Å². The minimum atomic E-state index is -0.188. The van der Waals surface area contributed by atoms with Crippen molar-refractivity contribution in [3.8, 4) is 0 Å². The Morgan fingerprint density at radius 1 is 1.38 bits per heavy atom. The SMILES string of the molecule is Cc1c(Cl)nc(C(C)(C)C)nc1N1CC(CO)OCC1C. The Hall–Kier alpha value is -0.910. The fourth-order valence-corrected chi connectivity index (χ4v) is 2.48. The van der Waals surface area contributed by atoms with Crippen LogP contribution in [0.4, 0.5) is 5.82 Å². The molecule has 2 atom stereocenters. The first-order valence-corrected chi connectivity index (χ1v) is 7.65. The highest BCUT2D eigenvalue weighted by Gasteiger charge is 2.30. The van der Waals surface area contributed by atoms with Crippen molar-refractivity contribution >= 4 is 17.4 Å². The van der Waals surface area contributed by atoms with Crippen LogP contribution in [0.1, 0.15) is 39.1 Å². The van der Waals surface area contributed by atoms with E-state index in [0.717, 1.165) is 17.2 Å². The quantitative estimate of drug-likeness (QED) is 0.849. The highest BCUT2D eigenvalue weighted by atomic mass is 35.5. The third-order valence-corrected chi connectivity index (χ3v) is 4.08. The Morgan fingerprint density at radius 3 is 2.62 bits per heavy atom. The van der Waals surface area contributed by atoms with Crippen LogP contribution >= 0.6 is 11.6 Å². The van der Waals surface area contributed by atoms with Gasteiger partial charge < -0.3 is 14.7 Å². The van der Waals surface area contributed by atoms with Crippen molar-refractivity contribution < 1.29 is 9.84 Å². The number of morpholine rings is 1. The number of aliphatic hydroxyl groups is 1. The Morgan fingerprint density at radius 2 is 2.05 bits per heavy atom. The van der Waals surface area contributed by atoms with Gasteiger partial charge in [-0.05, 0) is 13.8 Å². The van der Waals surface area contributed by atoms with Gasteiger partial charge in [0.1, 0.15) is 16.8 Å². The third kappa shape index (κ3) is 3.47. The molecule has 1 aromatic heterocycles. The molecule has 2 rings (SSSR count). The molecule has 1 N–H and O–H groups in total. The first-order valence-electron chi connectivity index (χ1n) is 7.27. The number of ether oxygens (including phenoxy) is 1. The van der Waals surface area contributed by atoms with Crippen molar-refractivity contribution in [1.29, 1.82) is 0 Å². The fourth-order valence-electron chi connectivity index (χ4n) is 2.32. The monoisotopic (exact) mass is 313 g/mol. The molecule has 1 saturated heterocycles. The average Bonchev–Trinajstić information content (AvgIpc) is 2.41. The van der Waals surface area contributed by atoms with Crippen LogP contribution in [0.15, 0.2) is 0 Å². The van der Waals surface area contributed by atoms with E-state index >= 15 is 0 Å². The van der Waals surface area contributed by atoms with Gasteiger partial charge in [0.2, 0.25) is 0 Å². The third-order valence-electron chi connectivity index (χ3n) is 3.71. The highest BCUT2D eigenvalue weighted by molar-refractivity contribution is 6.30. The molecule has 1 aromatic rings. The smallest absolute Gasteiger partial charge is 0.137 e. The van der Waals surface area contributed by atoms with Crippen LogP contribution < -0.4 is 4.90 Å². The Labute approximate surface area is 131 Å². The molecule has 0 saturated carbocycles. The number of nitrogens with zero attached hydrogens (tertiary/aromatic N) is 3. The summed E-state index contributed by atoms with van der Waals surface area (Å²) in [6, 6.07) is 0.185. The first-order chi connectivity index (χ1) is 9.74. The zero-order valence-electron chi connectivity index (χ0n) is 13.4. The summed E-state index contributed by atoms with van der Waals surface area (Å²) < 4.78 is 5.59. The van der Waals surface area contributed by atoms with Crippen molar-refractivity contribution in [2.24, 2.45) is 0 Å². The lowest BCUT2D eigenvalue weighted by Gasteiger charge is -2.39. The first kappa shape index (κ1) is 16.5. The lowest BCUT2D eigenvalue weighted by molar-refractivity contribution is -0.0106. The highest BCUT2D eigenvalue weighted by Crippen LogP contribution is 2.30. The number of halogens is 1. The summed E-state index contributed by atoms with van der Waals surface area (Å²) in [5.74, 6) is 1.57. The lowest BCUT2D eigenvalue weighted by Crippen LogP contribution is -2.50. The van der Waals surface area contributed by atoms with E-state index in [9.17, 15) is 5.11 Å². The topological polar surface area (TPSA) is 58.5 Å². The van der Waals surface area contributed by atoms with Gasteiger partial charge in [0.25, 0.3) is 0 Å². The summed E-state index contributed by atoms with van der Waals surface area (Å²) in [6.45, 7) is 11.4. The summed E-state index contributed by atoms with van der Waals surface area (Å²) >= 11 is 6.30. The van der Waals surface area contributed by atoms with E-state index in [-0.39, 0.29) is 24.2 Å². The molecule has 1 aliphatic rings. The van der Waals surface area contributed by atoms with Crippen LogP contribution in [-0.2, 0) is 10.2 Å². The Bertz CT molecular complexity index is 516. The molecule has 1 fully saturated rings. The van der Waals surface area contributed by atoms with Crippen molar-refractivity contribution in [2.45, 2.75) is 52.2 Å². The van der Waals surface area contributed by atoms with Gasteiger partial charge in [-0.3, -0.25) is 0 Å². The molecule has 118 valence electrons. The normalized spacial score (nSPS) is 23.5. The van der Waals surface area contributed by atoms with Crippen LogP contribution in [0.3, 0.4) is 0 Å². The standard InChI is InChI=1S/C15H24ClN3O2/c1-9-8-21-11(7-20)6-19(9)13-10(2)12(16)17-14(18-13)15(3,4)5/h9,11,20H,6-8H2,1-5H3. The minimum Gasteiger partial charge on any atom is -0.394 e. The molecule has 2 unspecified atom stereocenters. The van der Waals surface area contributed by atoms with Crippen LogP contribution in [-0.4, -0.2) is 47.0 Å². The fraction of sp³-hybridized carbons (Fsp3) is 0.733.